The molecule has 0 radical (unpaired) electrons. The van der Waals surface area contributed by atoms with Crippen LogP contribution in [0, 0.1) is 46.2 Å². The molecule has 37 heavy (non-hydrogen) atoms. The lowest BCUT2D eigenvalue weighted by Gasteiger charge is -2.88. The van der Waals surface area contributed by atoms with Gasteiger partial charge in [0.15, 0.2) is 10.8 Å². The molecule has 5 unspecified atom stereocenters. The molecule has 7 nitrogen and oxygen atoms in total. The minimum absolute atomic E-state index is 0.00510. The molecule has 3 aliphatic carbocycles. The van der Waals surface area contributed by atoms with Crippen molar-refractivity contribution in [3.8, 4) is 0 Å². The highest BCUT2D eigenvalue weighted by atomic mass is 35.5. The molecule has 3 fully saturated rings. The fourth-order valence-electron chi connectivity index (χ4n) is 8.32. The smallest absolute Gasteiger partial charge is 0.338 e. The first-order chi connectivity index (χ1) is 17.6. The number of thiazole rings is 1. The van der Waals surface area contributed by atoms with E-state index >= 15 is 0 Å². The quantitative estimate of drug-likeness (QED) is 0.493. The number of aromatic nitrogens is 1. The Morgan fingerprint density at radius 2 is 1.95 bits per heavy atom. The highest BCUT2D eigenvalue weighted by Gasteiger charge is 2.90. The number of hydrogen-bond donors (Lipinski definition) is 2. The largest absolute Gasteiger partial charge is 0.481 e. The SMILES string of the molecule is CCOC(=O)C1=C(C23C(C)C4C2C(C3C)C4(C)C(=O)O)NC(c2nccs2)=NC1c1ccc(F)cc1Cl. The fraction of sp³-hybridized carbons (Fsp3) is 0.481. The van der Waals surface area contributed by atoms with Gasteiger partial charge in [-0.1, -0.05) is 31.5 Å². The zero-order chi connectivity index (χ0) is 26.4. The molecule has 0 spiro atoms. The van der Waals surface area contributed by atoms with E-state index < -0.39 is 34.6 Å². The molecule has 5 atom stereocenters. The van der Waals surface area contributed by atoms with E-state index in [0.29, 0.717) is 27.7 Å². The average Bonchev–Trinajstić information content (AvgIpc) is 3.37. The zero-order valence-electron chi connectivity index (χ0n) is 20.8. The Morgan fingerprint density at radius 1 is 1.24 bits per heavy atom. The van der Waals surface area contributed by atoms with Crippen LogP contribution in [-0.2, 0) is 14.3 Å². The normalized spacial score (nSPS) is 37.3. The number of ether oxygens (including phenoxy) is 1. The van der Waals surface area contributed by atoms with Crippen molar-refractivity contribution in [3.05, 3.63) is 62.5 Å². The minimum atomic E-state index is -0.833. The second-order valence-corrected chi connectivity index (χ2v) is 12.0. The minimum Gasteiger partial charge on any atom is -0.481 e. The Bertz CT molecular complexity index is 1360. The number of halogens is 2. The summed E-state index contributed by atoms with van der Waals surface area (Å²) in [5.74, 6) is -1.09. The number of carboxylic acid groups (broad SMARTS) is 1. The Balaban J connectivity index is 1.55. The van der Waals surface area contributed by atoms with Gasteiger partial charge in [-0.05, 0) is 55.6 Å². The van der Waals surface area contributed by atoms with Gasteiger partial charge in [0.05, 0.1) is 17.6 Å². The maximum atomic E-state index is 14.0. The van der Waals surface area contributed by atoms with E-state index in [4.69, 9.17) is 21.3 Å². The van der Waals surface area contributed by atoms with Gasteiger partial charge in [-0.2, -0.15) is 0 Å². The van der Waals surface area contributed by atoms with Crippen molar-refractivity contribution in [2.24, 2.45) is 45.4 Å². The van der Waals surface area contributed by atoms with Crippen molar-refractivity contribution in [1.82, 2.24) is 10.3 Å². The second kappa shape index (κ2) is 8.11. The van der Waals surface area contributed by atoms with Crippen molar-refractivity contribution >= 4 is 40.7 Å². The van der Waals surface area contributed by atoms with Crippen LogP contribution in [0.1, 0.15) is 44.3 Å². The van der Waals surface area contributed by atoms with Crippen LogP contribution >= 0.6 is 22.9 Å². The lowest BCUT2D eigenvalue weighted by molar-refractivity contribution is -0.403. The molecule has 4 aliphatic rings. The van der Waals surface area contributed by atoms with Gasteiger partial charge in [0.25, 0.3) is 0 Å². The summed E-state index contributed by atoms with van der Waals surface area (Å²) in [5, 5.41) is 16.2. The number of amidine groups is 1. The van der Waals surface area contributed by atoms with Crippen LogP contribution in [0.4, 0.5) is 4.39 Å². The molecule has 2 heterocycles. The van der Waals surface area contributed by atoms with E-state index in [1.165, 1.54) is 23.5 Å². The summed E-state index contributed by atoms with van der Waals surface area (Å²) >= 11 is 7.92. The molecule has 2 N–H and O–H groups in total. The number of carboxylic acids is 1. The third-order valence-electron chi connectivity index (χ3n) is 9.62. The first kappa shape index (κ1) is 24.6. The molecule has 0 amide bonds. The molecule has 0 bridgehead atoms. The van der Waals surface area contributed by atoms with Crippen LogP contribution in [0.15, 0.2) is 46.0 Å². The summed E-state index contributed by atoms with van der Waals surface area (Å²) in [7, 11) is 0. The fourth-order valence-corrected chi connectivity index (χ4v) is 9.18. The van der Waals surface area contributed by atoms with Crippen molar-refractivity contribution < 1.29 is 23.8 Å². The summed E-state index contributed by atoms with van der Waals surface area (Å²) in [5.41, 5.74) is 0.328. The highest BCUT2D eigenvalue weighted by molar-refractivity contribution is 7.11. The van der Waals surface area contributed by atoms with Crippen molar-refractivity contribution in [2.75, 3.05) is 6.61 Å². The number of aliphatic carboxylic acids is 1. The number of aliphatic imine (C=N–C) groups is 1. The van der Waals surface area contributed by atoms with Gasteiger partial charge in [0, 0.05) is 33.3 Å². The molecule has 1 aromatic heterocycles. The number of hydrogen-bond acceptors (Lipinski definition) is 7. The molecule has 1 aromatic carbocycles. The van der Waals surface area contributed by atoms with Gasteiger partial charge < -0.3 is 15.2 Å². The van der Waals surface area contributed by atoms with Crippen LogP contribution in [0.2, 0.25) is 5.02 Å². The molecule has 10 heteroatoms. The van der Waals surface area contributed by atoms with Crippen molar-refractivity contribution in [2.45, 2.75) is 33.7 Å². The van der Waals surface area contributed by atoms with Crippen LogP contribution in [0.5, 0.6) is 0 Å². The van der Waals surface area contributed by atoms with Gasteiger partial charge in [0.1, 0.15) is 11.9 Å². The molecule has 2 aromatic rings. The molecule has 0 saturated heterocycles. The van der Waals surface area contributed by atoms with E-state index in [1.54, 1.807) is 19.2 Å². The summed E-state index contributed by atoms with van der Waals surface area (Å²) in [4.78, 5) is 35.2. The van der Waals surface area contributed by atoms with E-state index in [-0.39, 0.29) is 41.2 Å². The predicted octanol–water partition coefficient (Wildman–Crippen LogP) is 5.08. The first-order valence-electron chi connectivity index (χ1n) is 12.4. The summed E-state index contributed by atoms with van der Waals surface area (Å²) in [6, 6.07) is 3.24. The van der Waals surface area contributed by atoms with E-state index in [9.17, 15) is 19.1 Å². The Labute approximate surface area is 222 Å². The number of esters is 1. The first-order valence-corrected chi connectivity index (χ1v) is 13.7. The van der Waals surface area contributed by atoms with Gasteiger partial charge in [0.2, 0.25) is 0 Å². The van der Waals surface area contributed by atoms with Crippen LogP contribution in [-0.4, -0.2) is 34.5 Å². The monoisotopic (exact) mass is 543 g/mol. The molecule has 6 rings (SSSR count). The third-order valence-corrected chi connectivity index (χ3v) is 10.7. The second-order valence-electron chi connectivity index (χ2n) is 10.7. The number of nitrogens with zero attached hydrogens (tertiary/aromatic N) is 2. The van der Waals surface area contributed by atoms with Gasteiger partial charge in [-0.3, -0.25) is 9.79 Å². The lowest BCUT2D eigenvalue weighted by Crippen LogP contribution is -2.89. The maximum Gasteiger partial charge on any atom is 0.338 e. The maximum absolute atomic E-state index is 14.0. The van der Waals surface area contributed by atoms with Crippen LogP contribution in [0.25, 0.3) is 0 Å². The molecule has 1 aliphatic heterocycles. The van der Waals surface area contributed by atoms with E-state index in [2.05, 4.69) is 24.1 Å². The molecular weight excluding hydrogens is 517 g/mol. The number of nitrogens with one attached hydrogen (secondary N) is 1. The molecular formula is C27H27ClFN3O4S. The summed E-state index contributed by atoms with van der Waals surface area (Å²) < 4.78 is 19.5. The average molecular weight is 544 g/mol. The van der Waals surface area contributed by atoms with Crippen LogP contribution < -0.4 is 5.32 Å². The lowest BCUT2D eigenvalue weighted by atomic mass is 9.14. The number of rotatable bonds is 6. The van der Waals surface area contributed by atoms with Crippen LogP contribution in [0.3, 0.4) is 0 Å². The van der Waals surface area contributed by atoms with Gasteiger partial charge >= 0.3 is 11.9 Å². The number of carbonyl (C=O) groups excluding carboxylic acids is 1. The Morgan fingerprint density at radius 3 is 2.49 bits per heavy atom. The Hall–Kier alpha value is -2.78. The number of allylic oxidation sites excluding steroid dienone is 1. The van der Waals surface area contributed by atoms with Gasteiger partial charge in [-0.15, -0.1) is 11.3 Å². The Kier molecular flexibility index (Phi) is 5.38. The summed E-state index contributed by atoms with van der Waals surface area (Å²) in [6.07, 6.45) is 1.68. The summed E-state index contributed by atoms with van der Waals surface area (Å²) in [6.45, 7) is 7.94. The van der Waals surface area contributed by atoms with Gasteiger partial charge in [-0.25, -0.2) is 14.2 Å². The number of carbonyl (C=O) groups is 2. The highest BCUT2D eigenvalue weighted by Crippen LogP contribution is 2.90. The zero-order valence-corrected chi connectivity index (χ0v) is 22.4. The predicted molar refractivity (Wildman–Crippen MR) is 137 cm³/mol. The topological polar surface area (TPSA) is 101 Å². The standard InChI is InChI=1S/C27H27ClFN3O4S/c1-5-36-24(33)16-20(14-7-6-13(29)10-15(14)28)31-22(23-30-8-9-37-23)32-21(16)27-11(2)17-19(27)18(12(27)3)26(17,4)25(34)35/h6-12,17-20H,5H2,1-4H3,(H,31,32)(H,34,35). The third kappa shape index (κ3) is 2.87. The molecule has 3 saturated carbocycles. The van der Waals surface area contributed by atoms with Crippen molar-refractivity contribution in [1.29, 1.82) is 0 Å². The van der Waals surface area contributed by atoms with E-state index in [0.717, 1.165) is 0 Å². The molecule has 194 valence electrons. The van der Waals surface area contributed by atoms with E-state index in [1.807, 2.05) is 12.3 Å². The number of benzene rings is 1. The van der Waals surface area contributed by atoms with Crippen molar-refractivity contribution in [3.63, 3.8) is 0 Å².